The molecule has 3 atom stereocenters. The van der Waals surface area contributed by atoms with Crippen molar-refractivity contribution in [1.82, 2.24) is 0 Å². The van der Waals surface area contributed by atoms with Gasteiger partial charge in [-0.3, -0.25) is 4.79 Å². The lowest BCUT2D eigenvalue weighted by atomic mass is 9.49. The topological polar surface area (TPSA) is 55.8 Å². The molecule has 0 heterocycles. The third-order valence-corrected chi connectivity index (χ3v) is 6.37. The first-order chi connectivity index (χ1) is 11.5. The number of carbonyl (C=O) groups excluding carboxylic acids is 1. The van der Waals surface area contributed by atoms with E-state index in [2.05, 4.69) is 13.8 Å². The molecule has 4 nitrogen and oxygen atoms in total. The molecular weight excluding hydrogens is 304 g/mol. The molecule has 0 aromatic heterocycles. The largest absolute Gasteiger partial charge is 0.504 e. The first kappa shape index (κ1) is 17.3. The van der Waals surface area contributed by atoms with Crippen molar-refractivity contribution in [3.8, 4) is 11.5 Å². The number of carbonyl (C=O) groups is 1. The van der Waals surface area contributed by atoms with Gasteiger partial charge < -0.3 is 14.6 Å². The van der Waals surface area contributed by atoms with E-state index >= 15 is 0 Å². The van der Waals surface area contributed by atoms with Crippen LogP contribution in [0.4, 0.5) is 0 Å². The monoisotopic (exact) mass is 332 g/mol. The standard InChI is InChI=1S/C20H28O4/c1-5-9-19-12-15(21)8-10-20(19,24-4)13(2)11-14-6-7-16(23-3)18(22)17(14)19/h6-7,13,22H,5,8-12H2,1-4H3. The fourth-order valence-corrected chi connectivity index (χ4v) is 5.48. The summed E-state index contributed by atoms with van der Waals surface area (Å²) < 4.78 is 11.5. The van der Waals surface area contributed by atoms with Crippen LogP contribution in [0.2, 0.25) is 0 Å². The number of phenolic OH excluding ortho intramolecular Hbond substituents is 1. The highest BCUT2D eigenvalue weighted by Gasteiger charge is 2.62. The van der Waals surface area contributed by atoms with Gasteiger partial charge in [0, 0.05) is 30.9 Å². The number of ether oxygens (including phenoxy) is 2. The van der Waals surface area contributed by atoms with Crippen LogP contribution in [0.5, 0.6) is 11.5 Å². The zero-order valence-corrected chi connectivity index (χ0v) is 15.1. The molecule has 1 saturated carbocycles. The van der Waals surface area contributed by atoms with Gasteiger partial charge in [-0.1, -0.05) is 26.3 Å². The van der Waals surface area contributed by atoms with Crippen molar-refractivity contribution in [2.75, 3.05) is 14.2 Å². The molecule has 24 heavy (non-hydrogen) atoms. The normalized spacial score (nSPS) is 32.2. The molecule has 132 valence electrons. The minimum Gasteiger partial charge on any atom is -0.504 e. The van der Waals surface area contributed by atoms with Gasteiger partial charge in [-0.05, 0) is 36.8 Å². The molecule has 3 unspecified atom stereocenters. The van der Waals surface area contributed by atoms with Crippen LogP contribution in [0, 0.1) is 5.92 Å². The molecule has 0 saturated heterocycles. The van der Waals surface area contributed by atoms with Crippen LogP contribution >= 0.6 is 0 Å². The van der Waals surface area contributed by atoms with E-state index in [9.17, 15) is 9.90 Å². The Hall–Kier alpha value is -1.55. The lowest BCUT2D eigenvalue weighted by Crippen LogP contribution is -2.63. The van der Waals surface area contributed by atoms with Gasteiger partial charge in [0.1, 0.15) is 5.78 Å². The third-order valence-electron chi connectivity index (χ3n) is 6.37. The number of rotatable bonds is 4. The maximum absolute atomic E-state index is 12.5. The van der Waals surface area contributed by atoms with E-state index in [1.165, 1.54) is 0 Å². The van der Waals surface area contributed by atoms with Crippen LogP contribution in [0.3, 0.4) is 0 Å². The van der Waals surface area contributed by atoms with Crippen molar-refractivity contribution in [2.45, 2.75) is 63.4 Å². The average Bonchev–Trinajstić information content (AvgIpc) is 2.55. The molecule has 1 fully saturated rings. The summed E-state index contributed by atoms with van der Waals surface area (Å²) in [6.07, 6.45) is 4.32. The maximum atomic E-state index is 12.5. The quantitative estimate of drug-likeness (QED) is 0.912. The van der Waals surface area contributed by atoms with Crippen molar-refractivity contribution >= 4 is 5.78 Å². The number of aromatic hydroxyl groups is 1. The van der Waals surface area contributed by atoms with E-state index in [1.54, 1.807) is 14.2 Å². The maximum Gasteiger partial charge on any atom is 0.161 e. The molecule has 0 radical (unpaired) electrons. The van der Waals surface area contributed by atoms with E-state index in [1.807, 2.05) is 12.1 Å². The number of phenols is 1. The van der Waals surface area contributed by atoms with Gasteiger partial charge in [-0.25, -0.2) is 0 Å². The van der Waals surface area contributed by atoms with E-state index in [0.29, 0.717) is 24.5 Å². The molecule has 2 aliphatic rings. The Balaban J connectivity index is 2.33. The highest BCUT2D eigenvalue weighted by molar-refractivity contribution is 5.83. The van der Waals surface area contributed by atoms with Crippen molar-refractivity contribution in [2.24, 2.45) is 5.92 Å². The Labute approximate surface area is 144 Å². The molecule has 0 bridgehead atoms. The second-order valence-corrected chi connectivity index (χ2v) is 7.40. The summed E-state index contributed by atoms with van der Waals surface area (Å²) in [5, 5.41) is 11.0. The average molecular weight is 332 g/mol. The van der Waals surface area contributed by atoms with Gasteiger partial charge in [0.05, 0.1) is 12.7 Å². The lowest BCUT2D eigenvalue weighted by Gasteiger charge is -2.59. The molecule has 3 rings (SSSR count). The van der Waals surface area contributed by atoms with Gasteiger partial charge >= 0.3 is 0 Å². The van der Waals surface area contributed by atoms with Crippen LogP contribution in [-0.2, 0) is 21.4 Å². The van der Waals surface area contributed by atoms with Crippen LogP contribution in [-0.4, -0.2) is 30.7 Å². The summed E-state index contributed by atoms with van der Waals surface area (Å²) >= 11 is 0. The van der Waals surface area contributed by atoms with Crippen molar-refractivity contribution < 1.29 is 19.4 Å². The zero-order chi connectivity index (χ0) is 17.5. The first-order valence-corrected chi connectivity index (χ1v) is 8.92. The van der Waals surface area contributed by atoms with Gasteiger partial charge in [-0.2, -0.15) is 0 Å². The van der Waals surface area contributed by atoms with Gasteiger partial charge in [0.15, 0.2) is 11.5 Å². The SMILES string of the molecule is CCCC12CC(=O)CCC1(OC)C(C)Cc1ccc(OC)c(O)c12. The summed E-state index contributed by atoms with van der Waals surface area (Å²) in [6.45, 7) is 4.35. The lowest BCUT2D eigenvalue weighted by molar-refractivity contribution is -0.160. The molecule has 2 aliphatic carbocycles. The van der Waals surface area contributed by atoms with Gasteiger partial charge in [0.25, 0.3) is 0 Å². The first-order valence-electron chi connectivity index (χ1n) is 8.92. The molecule has 4 heteroatoms. The summed E-state index contributed by atoms with van der Waals surface area (Å²) in [4.78, 5) is 12.5. The van der Waals surface area contributed by atoms with E-state index in [4.69, 9.17) is 9.47 Å². The molecule has 0 aliphatic heterocycles. The smallest absolute Gasteiger partial charge is 0.161 e. The highest BCUT2D eigenvalue weighted by atomic mass is 16.5. The Kier molecular flexibility index (Phi) is 4.37. The number of fused-ring (bicyclic) bond motifs is 3. The Bertz CT molecular complexity index is 653. The van der Waals surface area contributed by atoms with Crippen LogP contribution in [0.1, 0.15) is 57.1 Å². The number of benzene rings is 1. The van der Waals surface area contributed by atoms with Crippen LogP contribution < -0.4 is 4.74 Å². The molecule has 1 aromatic rings. The summed E-state index contributed by atoms with van der Waals surface area (Å²) in [6, 6.07) is 3.87. The molecular formula is C20H28O4. The fourth-order valence-electron chi connectivity index (χ4n) is 5.48. The van der Waals surface area contributed by atoms with E-state index in [0.717, 1.165) is 36.8 Å². The number of Topliss-reactive ketones (excluding diaryl/α,β-unsaturated/α-hetero) is 1. The van der Waals surface area contributed by atoms with Crippen LogP contribution in [0.25, 0.3) is 0 Å². The Morgan fingerprint density at radius 2 is 2.08 bits per heavy atom. The van der Waals surface area contributed by atoms with Crippen LogP contribution in [0.15, 0.2) is 12.1 Å². The second-order valence-electron chi connectivity index (χ2n) is 7.40. The Morgan fingerprint density at radius 3 is 2.71 bits per heavy atom. The van der Waals surface area contributed by atoms with Gasteiger partial charge in [-0.15, -0.1) is 0 Å². The van der Waals surface area contributed by atoms with Crippen molar-refractivity contribution in [1.29, 1.82) is 0 Å². The molecule has 1 N–H and O–H groups in total. The summed E-state index contributed by atoms with van der Waals surface area (Å²) in [5.74, 6) is 1.22. The number of hydrogen-bond acceptors (Lipinski definition) is 4. The highest BCUT2D eigenvalue weighted by Crippen LogP contribution is 2.60. The summed E-state index contributed by atoms with van der Waals surface area (Å²) in [7, 11) is 3.33. The van der Waals surface area contributed by atoms with E-state index < -0.39 is 11.0 Å². The van der Waals surface area contributed by atoms with Gasteiger partial charge in [0.2, 0.25) is 0 Å². The van der Waals surface area contributed by atoms with E-state index in [-0.39, 0.29) is 11.5 Å². The second kappa shape index (κ2) is 6.07. The van der Waals surface area contributed by atoms with Crippen molar-refractivity contribution in [3.05, 3.63) is 23.3 Å². The molecule has 0 spiro atoms. The number of ketones is 1. The number of hydrogen-bond donors (Lipinski definition) is 1. The summed E-state index contributed by atoms with van der Waals surface area (Å²) in [5.41, 5.74) is 1.12. The minimum atomic E-state index is -0.475. The fraction of sp³-hybridized carbons (Fsp3) is 0.650. The predicted molar refractivity (Wildman–Crippen MR) is 92.7 cm³/mol. The molecule has 0 amide bonds. The minimum absolute atomic E-state index is 0.187. The number of methoxy groups -OCH3 is 2. The predicted octanol–water partition coefficient (Wildman–Crippen LogP) is 3.77. The zero-order valence-electron chi connectivity index (χ0n) is 15.1. The Morgan fingerprint density at radius 1 is 1.33 bits per heavy atom. The third kappa shape index (κ3) is 2.12. The van der Waals surface area contributed by atoms with Crippen molar-refractivity contribution in [3.63, 3.8) is 0 Å². The molecule has 1 aromatic carbocycles.